The first-order valence-electron chi connectivity index (χ1n) is 5.63. The Balaban J connectivity index is 2.28. The molecule has 6 heteroatoms. The minimum atomic E-state index is -0.317. The number of carbonyl (C=O) groups is 1. The molecule has 1 amide bonds. The Hall–Kier alpha value is -1.82. The van der Waals surface area contributed by atoms with Gasteiger partial charge in [0.1, 0.15) is 11.5 Å². The number of hydrogen-bond acceptors (Lipinski definition) is 4. The summed E-state index contributed by atoms with van der Waals surface area (Å²) in [4.78, 5) is 14.1. The summed E-state index contributed by atoms with van der Waals surface area (Å²) in [5.41, 5.74) is 5.75. The summed E-state index contributed by atoms with van der Waals surface area (Å²) in [6, 6.07) is 3.64. The molecule has 0 bridgehead atoms. The monoisotopic (exact) mass is 266 g/mol. The number of amides is 1. The van der Waals surface area contributed by atoms with Crippen LogP contribution in [-0.2, 0) is 0 Å². The maximum atomic E-state index is 12.3. The number of likely N-dealkylation sites (tertiary alicyclic amines) is 1. The molecule has 0 radical (unpaired) electrons. The molecule has 1 saturated heterocycles. The molecule has 1 fully saturated rings. The fraction of sp³-hybridized carbons (Fsp3) is 0.333. The maximum Gasteiger partial charge on any atom is 0.258 e. The van der Waals surface area contributed by atoms with Crippen LogP contribution in [0.15, 0.2) is 18.2 Å². The molecule has 0 spiro atoms. The Bertz CT molecular complexity index is 504. The quantitative estimate of drug-likeness (QED) is 0.695. The van der Waals surface area contributed by atoms with E-state index in [4.69, 9.17) is 18.0 Å². The highest BCUT2D eigenvalue weighted by Crippen LogP contribution is 2.27. The fourth-order valence-electron chi connectivity index (χ4n) is 2.16. The summed E-state index contributed by atoms with van der Waals surface area (Å²) < 4.78 is 0. The fourth-order valence-corrected chi connectivity index (χ4v) is 2.41. The van der Waals surface area contributed by atoms with Crippen molar-refractivity contribution in [3.8, 4) is 11.5 Å². The minimum Gasteiger partial charge on any atom is -0.508 e. The Kier molecular flexibility index (Phi) is 3.38. The molecule has 96 valence electrons. The molecule has 2 rings (SSSR count). The maximum absolute atomic E-state index is 12.3. The molecule has 4 N–H and O–H groups in total. The van der Waals surface area contributed by atoms with Crippen LogP contribution in [0.4, 0.5) is 0 Å². The number of benzene rings is 1. The van der Waals surface area contributed by atoms with E-state index in [1.165, 1.54) is 12.1 Å². The van der Waals surface area contributed by atoms with E-state index in [1.54, 1.807) is 4.90 Å². The molecule has 1 aliphatic heterocycles. The number of hydrogen-bond donors (Lipinski definition) is 3. The smallest absolute Gasteiger partial charge is 0.258 e. The molecule has 0 aromatic heterocycles. The van der Waals surface area contributed by atoms with Crippen LogP contribution in [0, 0.1) is 0 Å². The highest BCUT2D eigenvalue weighted by molar-refractivity contribution is 7.80. The van der Waals surface area contributed by atoms with E-state index in [2.05, 4.69) is 0 Å². The summed E-state index contributed by atoms with van der Waals surface area (Å²) in [7, 11) is 0. The van der Waals surface area contributed by atoms with Crippen molar-refractivity contribution in [1.29, 1.82) is 0 Å². The van der Waals surface area contributed by atoms with Crippen LogP contribution >= 0.6 is 12.2 Å². The first kappa shape index (κ1) is 12.6. The molecule has 1 heterocycles. The van der Waals surface area contributed by atoms with Gasteiger partial charge in [-0.3, -0.25) is 4.79 Å². The van der Waals surface area contributed by atoms with Gasteiger partial charge in [-0.05, 0) is 25.0 Å². The first-order chi connectivity index (χ1) is 8.50. The van der Waals surface area contributed by atoms with Gasteiger partial charge in [0, 0.05) is 12.6 Å². The highest BCUT2D eigenvalue weighted by atomic mass is 32.1. The van der Waals surface area contributed by atoms with Crippen LogP contribution in [0.5, 0.6) is 11.5 Å². The predicted molar refractivity (Wildman–Crippen MR) is 70.6 cm³/mol. The average molecular weight is 266 g/mol. The van der Waals surface area contributed by atoms with Crippen LogP contribution in [-0.4, -0.2) is 38.6 Å². The lowest BCUT2D eigenvalue weighted by molar-refractivity contribution is 0.0767. The number of carbonyl (C=O) groups excluding carboxylic acids is 1. The van der Waals surface area contributed by atoms with Crippen molar-refractivity contribution in [1.82, 2.24) is 4.90 Å². The van der Waals surface area contributed by atoms with Gasteiger partial charge in [-0.25, -0.2) is 0 Å². The second-order valence-corrected chi connectivity index (χ2v) is 4.73. The summed E-state index contributed by atoms with van der Waals surface area (Å²) in [5.74, 6) is -0.646. The molecule has 5 nitrogen and oxygen atoms in total. The number of aromatic hydroxyl groups is 2. The van der Waals surface area contributed by atoms with E-state index in [1.807, 2.05) is 0 Å². The lowest BCUT2D eigenvalue weighted by Gasteiger charge is -2.24. The van der Waals surface area contributed by atoms with E-state index in [0.29, 0.717) is 11.5 Å². The van der Waals surface area contributed by atoms with Gasteiger partial charge in [0.05, 0.1) is 16.6 Å². The van der Waals surface area contributed by atoms with Crippen LogP contribution in [0.2, 0.25) is 0 Å². The summed E-state index contributed by atoms with van der Waals surface area (Å²) in [6.07, 6.45) is 1.59. The van der Waals surface area contributed by atoms with E-state index in [9.17, 15) is 15.0 Å². The number of nitrogens with zero attached hydrogens (tertiary/aromatic N) is 1. The Morgan fingerprint density at radius 2 is 2.17 bits per heavy atom. The zero-order valence-electron chi connectivity index (χ0n) is 9.67. The predicted octanol–water partition coefficient (Wildman–Crippen LogP) is 0.988. The summed E-state index contributed by atoms with van der Waals surface area (Å²) in [6.45, 7) is 0.571. The van der Waals surface area contributed by atoms with Gasteiger partial charge in [-0.1, -0.05) is 12.2 Å². The van der Waals surface area contributed by atoms with Crippen molar-refractivity contribution in [2.45, 2.75) is 18.9 Å². The van der Waals surface area contributed by atoms with Crippen molar-refractivity contribution >= 4 is 23.1 Å². The van der Waals surface area contributed by atoms with Gasteiger partial charge in [0.2, 0.25) is 0 Å². The van der Waals surface area contributed by atoms with Gasteiger partial charge in [-0.15, -0.1) is 0 Å². The van der Waals surface area contributed by atoms with Crippen molar-refractivity contribution in [3.05, 3.63) is 23.8 Å². The number of rotatable bonds is 2. The van der Waals surface area contributed by atoms with Crippen LogP contribution < -0.4 is 5.73 Å². The van der Waals surface area contributed by atoms with Gasteiger partial charge < -0.3 is 20.8 Å². The first-order valence-corrected chi connectivity index (χ1v) is 6.04. The largest absolute Gasteiger partial charge is 0.508 e. The lowest BCUT2D eigenvalue weighted by atomic mass is 10.1. The topological polar surface area (TPSA) is 86.8 Å². The summed E-state index contributed by atoms with van der Waals surface area (Å²) >= 11 is 4.94. The second-order valence-electron chi connectivity index (χ2n) is 4.26. The zero-order chi connectivity index (χ0) is 13.3. The minimum absolute atomic E-state index is 0.0867. The molecule has 18 heavy (non-hydrogen) atoms. The van der Waals surface area contributed by atoms with Gasteiger partial charge in [0.15, 0.2) is 0 Å². The van der Waals surface area contributed by atoms with Crippen LogP contribution in [0.25, 0.3) is 0 Å². The molecule has 0 saturated carbocycles. The zero-order valence-corrected chi connectivity index (χ0v) is 10.5. The molecule has 1 aromatic rings. The Morgan fingerprint density at radius 1 is 1.44 bits per heavy atom. The van der Waals surface area contributed by atoms with Gasteiger partial charge in [-0.2, -0.15) is 0 Å². The third kappa shape index (κ3) is 2.24. The van der Waals surface area contributed by atoms with E-state index in [-0.39, 0.29) is 29.0 Å². The number of phenolic OH excluding ortho intramolecular Hbond substituents is 2. The second kappa shape index (κ2) is 4.81. The molecule has 1 unspecified atom stereocenters. The van der Waals surface area contributed by atoms with E-state index < -0.39 is 0 Å². The van der Waals surface area contributed by atoms with Crippen molar-refractivity contribution in [2.24, 2.45) is 5.73 Å². The highest BCUT2D eigenvalue weighted by Gasteiger charge is 2.32. The number of thiocarbonyl (C=S) groups is 1. The normalized spacial score (nSPS) is 18.9. The molecule has 1 aromatic carbocycles. The SMILES string of the molecule is NC(=S)C1CCCN1C(=O)c1ccc(O)cc1O. The standard InChI is InChI=1S/C12H14N2O3S/c13-11(18)9-2-1-5-14(9)12(17)8-4-3-7(15)6-10(8)16/h3-4,6,9,15-16H,1-2,5H2,(H2,13,18). The number of phenols is 2. The Morgan fingerprint density at radius 3 is 2.78 bits per heavy atom. The number of nitrogens with two attached hydrogens (primary N) is 1. The van der Waals surface area contributed by atoms with E-state index >= 15 is 0 Å². The van der Waals surface area contributed by atoms with Crippen molar-refractivity contribution < 1.29 is 15.0 Å². The Labute approximate surface area is 110 Å². The molecular weight excluding hydrogens is 252 g/mol. The average Bonchev–Trinajstić information content (AvgIpc) is 2.77. The molecule has 0 aliphatic carbocycles. The van der Waals surface area contributed by atoms with Crippen LogP contribution in [0.3, 0.4) is 0 Å². The van der Waals surface area contributed by atoms with E-state index in [0.717, 1.165) is 18.9 Å². The van der Waals surface area contributed by atoms with Gasteiger partial charge in [0.25, 0.3) is 5.91 Å². The van der Waals surface area contributed by atoms with Crippen molar-refractivity contribution in [2.75, 3.05) is 6.54 Å². The summed E-state index contributed by atoms with van der Waals surface area (Å²) in [5, 5.41) is 18.9. The third-order valence-electron chi connectivity index (χ3n) is 3.05. The molecule has 1 aliphatic rings. The lowest BCUT2D eigenvalue weighted by Crippen LogP contribution is -2.42. The van der Waals surface area contributed by atoms with Gasteiger partial charge >= 0.3 is 0 Å². The molecular formula is C12H14N2O3S. The molecule has 1 atom stereocenters. The van der Waals surface area contributed by atoms with Crippen LogP contribution in [0.1, 0.15) is 23.2 Å². The van der Waals surface area contributed by atoms with Crippen molar-refractivity contribution in [3.63, 3.8) is 0 Å². The third-order valence-corrected chi connectivity index (χ3v) is 3.33.